The van der Waals surface area contributed by atoms with Gasteiger partial charge < -0.3 is 9.99 Å². The number of aliphatic carboxylic acids is 1. The van der Waals surface area contributed by atoms with Crippen LogP contribution in [0.4, 0.5) is 0 Å². The van der Waals surface area contributed by atoms with Crippen molar-refractivity contribution in [1.29, 1.82) is 0 Å². The fourth-order valence-electron chi connectivity index (χ4n) is 2.29. The Morgan fingerprint density at radius 2 is 1.42 bits per heavy atom. The summed E-state index contributed by atoms with van der Waals surface area (Å²) in [5.74, 6) is -1.29. The number of Topliss-reactive ketones (excluding diaryl/α,β-unsaturated/α-hetero) is 2. The first kappa shape index (κ1) is 22.3. The first-order valence-electron chi connectivity index (χ1n) is 8.79. The van der Waals surface area contributed by atoms with Crippen LogP contribution < -0.4 is 0 Å². The van der Waals surface area contributed by atoms with E-state index in [0.717, 1.165) is 44.9 Å². The van der Waals surface area contributed by atoms with Crippen LogP contribution in [0.2, 0.25) is 0 Å². The van der Waals surface area contributed by atoms with Crippen molar-refractivity contribution in [2.75, 3.05) is 0 Å². The highest BCUT2D eigenvalue weighted by molar-refractivity contribution is 6.37. The van der Waals surface area contributed by atoms with Crippen LogP contribution in [0.5, 0.6) is 0 Å². The van der Waals surface area contributed by atoms with Crippen LogP contribution in [0.3, 0.4) is 0 Å². The number of rotatable bonds is 16. The van der Waals surface area contributed by atoms with Crippen LogP contribution in [0.1, 0.15) is 84.0 Å². The molecule has 0 aliphatic carbocycles. The van der Waals surface area contributed by atoms with Gasteiger partial charge in [0.25, 0.3) is 0 Å². The molecule has 0 aromatic carbocycles. The van der Waals surface area contributed by atoms with Crippen LogP contribution in [0.15, 0.2) is 11.8 Å². The summed E-state index contributed by atoms with van der Waals surface area (Å²) in [6.07, 6.45) is 9.17. The van der Waals surface area contributed by atoms with E-state index >= 15 is 0 Å². The van der Waals surface area contributed by atoms with Crippen molar-refractivity contribution in [2.45, 2.75) is 84.0 Å². The standard InChI is InChI=1S/C18H30O6/c1-2-3-7-11-16(19)17(20)14-13-15(24-23)10-8-5-4-6-9-12-18(21)22/h13,23H,2-12,14H2,1H3,(H,21,22). The molecule has 0 saturated carbocycles. The predicted molar refractivity (Wildman–Crippen MR) is 90.5 cm³/mol. The van der Waals surface area contributed by atoms with E-state index in [1.54, 1.807) is 0 Å². The molecule has 0 heterocycles. The first-order chi connectivity index (χ1) is 11.5. The van der Waals surface area contributed by atoms with E-state index in [0.29, 0.717) is 18.6 Å². The Morgan fingerprint density at radius 3 is 2.00 bits per heavy atom. The third-order valence-electron chi connectivity index (χ3n) is 3.76. The molecule has 138 valence electrons. The van der Waals surface area contributed by atoms with E-state index in [1.807, 2.05) is 6.92 Å². The average Bonchev–Trinajstić information content (AvgIpc) is 2.56. The molecule has 0 aliphatic rings. The van der Waals surface area contributed by atoms with Crippen molar-refractivity contribution >= 4 is 17.5 Å². The minimum Gasteiger partial charge on any atom is -0.481 e. The molecule has 0 radical (unpaired) electrons. The van der Waals surface area contributed by atoms with E-state index < -0.39 is 11.8 Å². The summed E-state index contributed by atoms with van der Waals surface area (Å²) < 4.78 is 0. The van der Waals surface area contributed by atoms with E-state index in [1.165, 1.54) is 6.08 Å². The van der Waals surface area contributed by atoms with Gasteiger partial charge >= 0.3 is 5.97 Å². The van der Waals surface area contributed by atoms with Crippen LogP contribution >= 0.6 is 0 Å². The lowest BCUT2D eigenvalue weighted by Crippen LogP contribution is -2.12. The SMILES string of the molecule is CCCCCC(=O)C(=O)CC=C(CCCCCCCC(=O)O)OO. The summed E-state index contributed by atoms with van der Waals surface area (Å²) in [6, 6.07) is 0. The molecule has 0 spiro atoms. The summed E-state index contributed by atoms with van der Waals surface area (Å²) in [5, 5.41) is 17.3. The number of allylic oxidation sites excluding steroid dienone is 2. The van der Waals surface area contributed by atoms with Gasteiger partial charge in [-0.05, 0) is 25.3 Å². The summed E-state index contributed by atoms with van der Waals surface area (Å²) in [5.41, 5.74) is 0. The summed E-state index contributed by atoms with van der Waals surface area (Å²) >= 11 is 0. The molecule has 0 amide bonds. The van der Waals surface area contributed by atoms with Gasteiger partial charge in [-0.2, -0.15) is 0 Å². The number of carbonyl (C=O) groups excluding carboxylic acids is 2. The second-order valence-corrected chi connectivity index (χ2v) is 5.93. The molecule has 0 saturated heterocycles. The van der Waals surface area contributed by atoms with Crippen LogP contribution in [0, 0.1) is 0 Å². The molecule has 2 N–H and O–H groups in total. The first-order valence-corrected chi connectivity index (χ1v) is 8.79. The Bertz CT molecular complexity index is 414. The second kappa shape index (κ2) is 14.9. The molecule has 6 nitrogen and oxygen atoms in total. The molecule has 6 heteroatoms. The number of ketones is 2. The molecule has 0 aromatic rings. The third-order valence-corrected chi connectivity index (χ3v) is 3.76. The van der Waals surface area contributed by atoms with Crippen molar-refractivity contribution in [3.05, 3.63) is 11.8 Å². The van der Waals surface area contributed by atoms with Crippen molar-refractivity contribution < 1.29 is 29.6 Å². The maximum Gasteiger partial charge on any atom is 0.303 e. The van der Waals surface area contributed by atoms with Crippen LogP contribution in [0.25, 0.3) is 0 Å². The van der Waals surface area contributed by atoms with E-state index in [2.05, 4.69) is 4.89 Å². The number of unbranched alkanes of at least 4 members (excludes halogenated alkanes) is 6. The zero-order valence-electron chi connectivity index (χ0n) is 14.6. The van der Waals surface area contributed by atoms with Gasteiger partial charge in [-0.1, -0.05) is 39.0 Å². The fourth-order valence-corrected chi connectivity index (χ4v) is 2.29. The number of hydrogen-bond acceptors (Lipinski definition) is 5. The Balaban J connectivity index is 3.90. The van der Waals surface area contributed by atoms with Gasteiger partial charge in [0.15, 0.2) is 5.78 Å². The lowest BCUT2D eigenvalue weighted by atomic mass is 10.1. The number of carboxylic acids is 1. The van der Waals surface area contributed by atoms with Gasteiger partial charge in [0.2, 0.25) is 5.78 Å². The molecule has 0 bridgehead atoms. The lowest BCUT2D eigenvalue weighted by Gasteiger charge is -2.04. The highest BCUT2D eigenvalue weighted by Crippen LogP contribution is 2.13. The number of carbonyl (C=O) groups is 3. The van der Waals surface area contributed by atoms with E-state index in [4.69, 9.17) is 10.4 Å². The molecular formula is C18H30O6. The minimum atomic E-state index is -0.775. The van der Waals surface area contributed by atoms with Gasteiger partial charge in [-0.25, -0.2) is 5.26 Å². The Morgan fingerprint density at radius 1 is 0.833 bits per heavy atom. The van der Waals surface area contributed by atoms with Gasteiger partial charge in [-0.3, -0.25) is 14.4 Å². The van der Waals surface area contributed by atoms with Gasteiger partial charge in [0.1, 0.15) is 5.76 Å². The van der Waals surface area contributed by atoms with E-state index in [9.17, 15) is 14.4 Å². The summed E-state index contributed by atoms with van der Waals surface area (Å²) in [6.45, 7) is 2.03. The van der Waals surface area contributed by atoms with E-state index in [-0.39, 0.29) is 25.0 Å². The fraction of sp³-hybridized carbons (Fsp3) is 0.722. The average molecular weight is 342 g/mol. The Labute approximate surface area is 143 Å². The highest BCUT2D eigenvalue weighted by atomic mass is 17.1. The smallest absolute Gasteiger partial charge is 0.303 e. The molecule has 0 rings (SSSR count). The minimum absolute atomic E-state index is 0.0422. The van der Waals surface area contributed by atoms with Gasteiger partial charge in [0, 0.05) is 25.7 Å². The Hall–Kier alpha value is -1.69. The van der Waals surface area contributed by atoms with Gasteiger partial charge in [0.05, 0.1) is 0 Å². The molecule has 24 heavy (non-hydrogen) atoms. The van der Waals surface area contributed by atoms with Gasteiger partial charge in [-0.15, -0.1) is 0 Å². The lowest BCUT2D eigenvalue weighted by molar-refractivity contribution is -0.206. The van der Waals surface area contributed by atoms with Crippen LogP contribution in [-0.2, 0) is 19.3 Å². The molecule has 0 unspecified atom stereocenters. The molecular weight excluding hydrogens is 312 g/mol. The highest BCUT2D eigenvalue weighted by Gasteiger charge is 2.12. The third kappa shape index (κ3) is 12.8. The summed E-state index contributed by atoms with van der Waals surface area (Å²) in [4.78, 5) is 37.9. The second-order valence-electron chi connectivity index (χ2n) is 5.93. The maximum atomic E-state index is 11.7. The van der Waals surface area contributed by atoms with Crippen molar-refractivity contribution in [3.63, 3.8) is 0 Å². The molecule has 0 fully saturated rings. The largest absolute Gasteiger partial charge is 0.481 e. The Kier molecular flexibility index (Phi) is 13.8. The normalized spacial score (nSPS) is 11.3. The zero-order valence-corrected chi connectivity index (χ0v) is 14.6. The molecule has 0 atom stereocenters. The topological polar surface area (TPSA) is 101 Å². The maximum absolute atomic E-state index is 11.7. The number of carboxylic acid groups (broad SMARTS) is 1. The van der Waals surface area contributed by atoms with Crippen molar-refractivity contribution in [1.82, 2.24) is 0 Å². The molecule has 0 aliphatic heterocycles. The quantitative estimate of drug-likeness (QED) is 0.143. The predicted octanol–water partition coefficient (Wildman–Crippen LogP) is 4.28. The number of hydrogen-bond donors (Lipinski definition) is 2. The molecule has 0 aromatic heterocycles. The van der Waals surface area contributed by atoms with Crippen LogP contribution in [-0.4, -0.2) is 27.9 Å². The zero-order chi connectivity index (χ0) is 18.2. The van der Waals surface area contributed by atoms with Crippen molar-refractivity contribution in [3.8, 4) is 0 Å². The summed E-state index contributed by atoms with van der Waals surface area (Å²) in [7, 11) is 0. The monoisotopic (exact) mass is 342 g/mol. The van der Waals surface area contributed by atoms with Crippen molar-refractivity contribution in [2.24, 2.45) is 0 Å².